The minimum Gasteiger partial charge on any atom is -0.346 e. The highest BCUT2D eigenvalue weighted by molar-refractivity contribution is 5.76. The molecule has 1 fully saturated rings. The smallest absolute Gasteiger partial charge is 0.240 e. The highest BCUT2D eigenvalue weighted by Crippen LogP contribution is 2.26. The fraction of sp³-hybridized carbons (Fsp3) is 0.611. The third-order valence-electron chi connectivity index (χ3n) is 4.81. The van der Waals surface area contributed by atoms with Crippen LogP contribution in [0.4, 0.5) is 0 Å². The molecule has 1 saturated carbocycles. The van der Waals surface area contributed by atoms with Gasteiger partial charge in [-0.2, -0.15) is 4.98 Å². The van der Waals surface area contributed by atoms with Gasteiger partial charge in [0, 0.05) is 38.8 Å². The molecule has 0 aliphatic heterocycles. The third kappa shape index (κ3) is 5.08. The van der Waals surface area contributed by atoms with Gasteiger partial charge in [-0.1, -0.05) is 37.3 Å². The summed E-state index contributed by atoms with van der Waals surface area (Å²) in [5, 5.41) is 3.87. The Bertz CT molecular complexity index is 667. The zero-order valence-electron chi connectivity index (χ0n) is 14.7. The van der Waals surface area contributed by atoms with Gasteiger partial charge < -0.3 is 9.42 Å². The van der Waals surface area contributed by atoms with E-state index >= 15 is 0 Å². The van der Waals surface area contributed by atoms with Crippen LogP contribution < -0.4 is 0 Å². The standard InChI is InChI=1S/C18H25N5O2/c1-23(13-10-14-6-3-2-4-7-14)16(24)9-8-15-21-18(22-25-15)17-19-11-5-12-20-17/h5,11-12,14H,2-4,6-10,13H2,1H3. The summed E-state index contributed by atoms with van der Waals surface area (Å²) in [4.78, 5) is 26.5. The lowest BCUT2D eigenvalue weighted by atomic mass is 9.87. The van der Waals surface area contributed by atoms with Crippen molar-refractivity contribution >= 4 is 5.91 Å². The molecule has 7 nitrogen and oxygen atoms in total. The minimum atomic E-state index is 0.117. The van der Waals surface area contributed by atoms with Crippen molar-refractivity contribution in [3.63, 3.8) is 0 Å². The second kappa shape index (κ2) is 8.69. The average molecular weight is 343 g/mol. The first-order valence-electron chi connectivity index (χ1n) is 9.06. The molecule has 2 aromatic rings. The van der Waals surface area contributed by atoms with E-state index in [0.717, 1.165) is 18.9 Å². The molecule has 0 N–H and O–H groups in total. The van der Waals surface area contributed by atoms with Crippen molar-refractivity contribution in [2.45, 2.75) is 51.4 Å². The second-order valence-electron chi connectivity index (χ2n) is 6.69. The Morgan fingerprint density at radius 2 is 1.96 bits per heavy atom. The molecule has 1 aliphatic rings. The first kappa shape index (κ1) is 17.5. The quantitative estimate of drug-likeness (QED) is 0.768. The second-order valence-corrected chi connectivity index (χ2v) is 6.69. The van der Waals surface area contributed by atoms with Crippen LogP contribution in [0.2, 0.25) is 0 Å². The molecule has 0 spiro atoms. The third-order valence-corrected chi connectivity index (χ3v) is 4.81. The van der Waals surface area contributed by atoms with Gasteiger partial charge in [-0.05, 0) is 18.4 Å². The highest BCUT2D eigenvalue weighted by atomic mass is 16.5. The monoisotopic (exact) mass is 343 g/mol. The summed E-state index contributed by atoms with van der Waals surface area (Å²) in [6, 6.07) is 1.73. The number of hydrogen-bond donors (Lipinski definition) is 0. The maximum atomic E-state index is 12.3. The van der Waals surface area contributed by atoms with Crippen molar-refractivity contribution in [3.05, 3.63) is 24.4 Å². The Labute approximate surface area is 147 Å². The van der Waals surface area contributed by atoms with Crippen LogP contribution >= 0.6 is 0 Å². The maximum Gasteiger partial charge on any atom is 0.240 e. The van der Waals surface area contributed by atoms with E-state index in [2.05, 4.69) is 20.1 Å². The lowest BCUT2D eigenvalue weighted by molar-refractivity contribution is -0.130. The lowest BCUT2D eigenvalue weighted by Crippen LogP contribution is -2.29. The summed E-state index contributed by atoms with van der Waals surface area (Å²) in [5.74, 6) is 2.12. The van der Waals surface area contributed by atoms with Gasteiger partial charge in [0.1, 0.15) is 0 Å². The predicted octanol–water partition coefficient (Wildman–Crippen LogP) is 2.89. The number of amides is 1. The normalized spacial score (nSPS) is 15.2. The van der Waals surface area contributed by atoms with E-state index in [0.29, 0.717) is 30.4 Å². The zero-order chi connectivity index (χ0) is 17.5. The summed E-state index contributed by atoms with van der Waals surface area (Å²) in [6.07, 6.45) is 11.9. The van der Waals surface area contributed by atoms with Crippen molar-refractivity contribution in [3.8, 4) is 11.6 Å². The molecular formula is C18H25N5O2. The Morgan fingerprint density at radius 1 is 1.20 bits per heavy atom. The van der Waals surface area contributed by atoms with Crippen LogP contribution in [0.15, 0.2) is 23.0 Å². The van der Waals surface area contributed by atoms with E-state index in [1.54, 1.807) is 18.5 Å². The van der Waals surface area contributed by atoms with Crippen molar-refractivity contribution < 1.29 is 9.32 Å². The van der Waals surface area contributed by atoms with Gasteiger partial charge >= 0.3 is 0 Å². The number of hydrogen-bond acceptors (Lipinski definition) is 6. The van der Waals surface area contributed by atoms with Gasteiger partial charge in [-0.15, -0.1) is 0 Å². The first-order valence-corrected chi connectivity index (χ1v) is 9.06. The van der Waals surface area contributed by atoms with Gasteiger partial charge in [0.05, 0.1) is 0 Å². The molecule has 1 aliphatic carbocycles. The lowest BCUT2D eigenvalue weighted by Gasteiger charge is -2.24. The summed E-state index contributed by atoms with van der Waals surface area (Å²) in [6.45, 7) is 0.830. The SMILES string of the molecule is CN(CCC1CCCCC1)C(=O)CCc1nc(-c2ncccn2)no1. The Morgan fingerprint density at radius 3 is 2.72 bits per heavy atom. The molecule has 0 bridgehead atoms. The van der Waals surface area contributed by atoms with E-state index in [1.165, 1.54) is 32.1 Å². The number of carbonyl (C=O) groups excluding carboxylic acids is 1. The van der Waals surface area contributed by atoms with Gasteiger partial charge in [-0.25, -0.2) is 9.97 Å². The number of nitrogens with zero attached hydrogens (tertiary/aromatic N) is 5. The number of aromatic nitrogens is 4. The van der Waals surface area contributed by atoms with Crippen LogP contribution in [0.25, 0.3) is 11.6 Å². The topological polar surface area (TPSA) is 85.0 Å². The van der Waals surface area contributed by atoms with E-state index in [-0.39, 0.29) is 5.91 Å². The molecule has 1 amide bonds. The molecule has 0 unspecified atom stereocenters. The first-order chi connectivity index (χ1) is 12.2. The average Bonchev–Trinajstić information content (AvgIpc) is 3.15. The van der Waals surface area contributed by atoms with Crippen molar-refractivity contribution in [2.75, 3.05) is 13.6 Å². The van der Waals surface area contributed by atoms with E-state index in [9.17, 15) is 4.79 Å². The minimum absolute atomic E-state index is 0.117. The Hall–Kier alpha value is -2.31. The molecule has 0 radical (unpaired) electrons. The van der Waals surface area contributed by atoms with Gasteiger partial charge in [0.25, 0.3) is 0 Å². The summed E-state index contributed by atoms with van der Waals surface area (Å²) < 4.78 is 5.19. The Balaban J connectivity index is 1.43. The molecule has 7 heteroatoms. The summed E-state index contributed by atoms with van der Waals surface area (Å²) in [5.41, 5.74) is 0. The van der Waals surface area contributed by atoms with Crippen LogP contribution in [0, 0.1) is 5.92 Å². The molecular weight excluding hydrogens is 318 g/mol. The van der Waals surface area contributed by atoms with E-state index < -0.39 is 0 Å². The summed E-state index contributed by atoms with van der Waals surface area (Å²) >= 11 is 0. The zero-order valence-corrected chi connectivity index (χ0v) is 14.7. The number of rotatable bonds is 7. The number of carbonyl (C=O) groups is 1. The van der Waals surface area contributed by atoms with E-state index in [4.69, 9.17) is 4.52 Å². The van der Waals surface area contributed by atoms with Crippen molar-refractivity contribution in [2.24, 2.45) is 5.92 Å². The largest absolute Gasteiger partial charge is 0.346 e. The summed E-state index contributed by atoms with van der Waals surface area (Å²) in [7, 11) is 1.88. The van der Waals surface area contributed by atoms with Gasteiger partial charge in [0.15, 0.2) is 0 Å². The molecule has 0 aromatic carbocycles. The predicted molar refractivity (Wildman–Crippen MR) is 92.5 cm³/mol. The molecule has 3 rings (SSSR count). The van der Waals surface area contributed by atoms with Crippen LogP contribution in [0.5, 0.6) is 0 Å². The molecule has 2 heterocycles. The molecule has 0 saturated heterocycles. The van der Waals surface area contributed by atoms with Gasteiger partial charge in [0.2, 0.25) is 23.4 Å². The molecule has 134 valence electrons. The van der Waals surface area contributed by atoms with Crippen LogP contribution in [0.1, 0.15) is 50.8 Å². The molecule has 25 heavy (non-hydrogen) atoms. The molecule has 2 aromatic heterocycles. The fourth-order valence-electron chi connectivity index (χ4n) is 3.24. The van der Waals surface area contributed by atoms with Crippen molar-refractivity contribution in [1.29, 1.82) is 0 Å². The Kier molecular flexibility index (Phi) is 6.09. The van der Waals surface area contributed by atoms with Crippen LogP contribution in [-0.2, 0) is 11.2 Å². The highest BCUT2D eigenvalue weighted by Gasteiger charge is 2.17. The van der Waals surface area contributed by atoms with Gasteiger partial charge in [-0.3, -0.25) is 4.79 Å². The van der Waals surface area contributed by atoms with Crippen molar-refractivity contribution in [1.82, 2.24) is 25.0 Å². The molecule has 0 atom stereocenters. The van der Waals surface area contributed by atoms with E-state index in [1.807, 2.05) is 11.9 Å². The number of aryl methyl sites for hydroxylation is 1. The van der Waals surface area contributed by atoms with Crippen LogP contribution in [-0.4, -0.2) is 44.5 Å². The fourth-order valence-corrected chi connectivity index (χ4v) is 3.24. The van der Waals surface area contributed by atoms with Crippen LogP contribution in [0.3, 0.4) is 0 Å². The maximum absolute atomic E-state index is 12.3.